The summed E-state index contributed by atoms with van der Waals surface area (Å²) in [4.78, 5) is 24.7. The van der Waals surface area contributed by atoms with E-state index in [1.165, 1.54) is 0 Å². The van der Waals surface area contributed by atoms with Gasteiger partial charge in [0.25, 0.3) is 0 Å². The molecule has 2 aromatic carbocycles. The highest BCUT2D eigenvalue weighted by molar-refractivity contribution is 5.96. The van der Waals surface area contributed by atoms with E-state index < -0.39 is 6.04 Å². The molecule has 0 saturated carbocycles. The highest BCUT2D eigenvalue weighted by Gasteiger charge is 2.15. The number of nitrogens with zero attached hydrogens (tertiary/aromatic N) is 2. The van der Waals surface area contributed by atoms with Crippen molar-refractivity contribution in [3.63, 3.8) is 0 Å². The minimum Gasteiger partial charge on any atom is -0.326 e. The number of hydrogen-bond acceptors (Lipinski definition) is 3. The third-order valence-corrected chi connectivity index (χ3v) is 4.33. The Labute approximate surface area is 158 Å². The fraction of sp³-hybridized carbons (Fsp3) is 0.190. The third kappa shape index (κ3) is 4.82. The molecule has 0 spiro atoms. The van der Waals surface area contributed by atoms with Crippen LogP contribution in [0.15, 0.2) is 67.0 Å². The van der Waals surface area contributed by atoms with Gasteiger partial charge in [-0.2, -0.15) is 5.10 Å². The Morgan fingerprint density at radius 1 is 1.04 bits per heavy atom. The minimum absolute atomic E-state index is 0.0994. The zero-order chi connectivity index (χ0) is 19.2. The van der Waals surface area contributed by atoms with Gasteiger partial charge in [-0.1, -0.05) is 30.3 Å². The standard InChI is InChI=1S/C21H22N4O2/c1-15-7-3-4-8-17(15)13-20(26)23-18-9-5-10-19(14-18)24-21(27)16(2)25-12-6-11-22-25/h3-12,14,16H,13H2,1-2H3,(H,23,26)(H,24,27). The predicted octanol–water partition coefficient (Wildman–Crippen LogP) is 3.57. The fourth-order valence-electron chi connectivity index (χ4n) is 2.74. The molecule has 2 N–H and O–H groups in total. The number of hydrogen-bond donors (Lipinski definition) is 2. The zero-order valence-electron chi connectivity index (χ0n) is 15.3. The lowest BCUT2D eigenvalue weighted by atomic mass is 10.1. The molecule has 3 rings (SSSR count). The van der Waals surface area contributed by atoms with E-state index in [9.17, 15) is 9.59 Å². The Morgan fingerprint density at radius 2 is 1.78 bits per heavy atom. The van der Waals surface area contributed by atoms with Crippen molar-refractivity contribution in [3.8, 4) is 0 Å². The Hall–Kier alpha value is -3.41. The maximum atomic E-state index is 12.4. The number of anilines is 2. The summed E-state index contributed by atoms with van der Waals surface area (Å²) in [5, 5.41) is 9.81. The molecule has 6 nitrogen and oxygen atoms in total. The van der Waals surface area contributed by atoms with Crippen LogP contribution in [-0.4, -0.2) is 21.6 Å². The van der Waals surface area contributed by atoms with Crippen molar-refractivity contribution < 1.29 is 9.59 Å². The van der Waals surface area contributed by atoms with Crippen LogP contribution in [0.1, 0.15) is 24.1 Å². The van der Waals surface area contributed by atoms with Crippen molar-refractivity contribution in [2.45, 2.75) is 26.3 Å². The Morgan fingerprint density at radius 3 is 2.48 bits per heavy atom. The van der Waals surface area contributed by atoms with Gasteiger partial charge < -0.3 is 10.6 Å². The van der Waals surface area contributed by atoms with Gasteiger partial charge in [0.15, 0.2) is 0 Å². The Kier molecular flexibility index (Phi) is 5.66. The van der Waals surface area contributed by atoms with Crippen LogP contribution in [0.3, 0.4) is 0 Å². The van der Waals surface area contributed by atoms with Crippen molar-refractivity contribution in [3.05, 3.63) is 78.1 Å². The SMILES string of the molecule is Cc1ccccc1CC(=O)Nc1cccc(NC(=O)C(C)n2cccn2)c1. The number of aryl methyl sites for hydroxylation is 1. The van der Waals surface area contributed by atoms with Gasteiger partial charge in [-0.25, -0.2) is 0 Å². The molecule has 0 fully saturated rings. The van der Waals surface area contributed by atoms with Crippen molar-refractivity contribution in [1.82, 2.24) is 9.78 Å². The fourth-order valence-corrected chi connectivity index (χ4v) is 2.74. The van der Waals surface area contributed by atoms with E-state index >= 15 is 0 Å². The highest BCUT2D eigenvalue weighted by Crippen LogP contribution is 2.17. The number of amides is 2. The van der Waals surface area contributed by atoms with Gasteiger partial charge in [-0.3, -0.25) is 14.3 Å². The average molecular weight is 362 g/mol. The molecule has 0 aliphatic heterocycles. The average Bonchev–Trinajstić information content (AvgIpc) is 3.18. The molecule has 6 heteroatoms. The molecule has 27 heavy (non-hydrogen) atoms. The molecule has 0 saturated heterocycles. The van der Waals surface area contributed by atoms with E-state index in [1.807, 2.05) is 31.2 Å². The van der Waals surface area contributed by atoms with Gasteiger partial charge in [0.2, 0.25) is 11.8 Å². The molecule has 1 heterocycles. The lowest BCUT2D eigenvalue weighted by Gasteiger charge is -2.13. The van der Waals surface area contributed by atoms with E-state index in [1.54, 1.807) is 54.3 Å². The summed E-state index contributed by atoms with van der Waals surface area (Å²) in [5.74, 6) is -0.278. The number of rotatable bonds is 6. The van der Waals surface area contributed by atoms with Crippen LogP contribution in [0.25, 0.3) is 0 Å². The molecule has 0 bridgehead atoms. The van der Waals surface area contributed by atoms with Crippen molar-refractivity contribution >= 4 is 23.2 Å². The molecule has 0 radical (unpaired) electrons. The summed E-state index contributed by atoms with van der Waals surface area (Å²) in [6, 6.07) is 16.3. The molecule has 0 aliphatic carbocycles. The summed E-state index contributed by atoms with van der Waals surface area (Å²) in [6.45, 7) is 3.76. The normalized spacial score (nSPS) is 11.6. The quantitative estimate of drug-likeness (QED) is 0.704. The molecule has 2 amide bonds. The van der Waals surface area contributed by atoms with Crippen molar-refractivity contribution in [2.24, 2.45) is 0 Å². The zero-order valence-corrected chi connectivity index (χ0v) is 15.3. The summed E-state index contributed by atoms with van der Waals surface area (Å²) in [5.41, 5.74) is 3.33. The molecule has 138 valence electrons. The van der Waals surface area contributed by atoms with Crippen LogP contribution in [0, 0.1) is 6.92 Å². The van der Waals surface area contributed by atoms with Gasteiger partial charge in [0.1, 0.15) is 6.04 Å². The number of benzene rings is 2. The van der Waals surface area contributed by atoms with Gasteiger partial charge in [0.05, 0.1) is 6.42 Å². The van der Waals surface area contributed by atoms with Crippen LogP contribution < -0.4 is 10.6 Å². The number of aromatic nitrogens is 2. The van der Waals surface area contributed by atoms with Crippen LogP contribution in [0.4, 0.5) is 11.4 Å². The maximum Gasteiger partial charge on any atom is 0.248 e. The molecular weight excluding hydrogens is 340 g/mol. The second kappa shape index (κ2) is 8.31. The van der Waals surface area contributed by atoms with E-state index in [0.717, 1.165) is 11.1 Å². The van der Waals surface area contributed by atoms with E-state index in [-0.39, 0.29) is 11.8 Å². The second-order valence-electron chi connectivity index (χ2n) is 6.38. The summed E-state index contributed by atoms with van der Waals surface area (Å²) in [7, 11) is 0. The first-order valence-corrected chi connectivity index (χ1v) is 8.77. The summed E-state index contributed by atoms with van der Waals surface area (Å²) >= 11 is 0. The smallest absolute Gasteiger partial charge is 0.248 e. The molecule has 1 unspecified atom stereocenters. The van der Waals surface area contributed by atoms with E-state index in [2.05, 4.69) is 15.7 Å². The van der Waals surface area contributed by atoms with Crippen LogP contribution in [-0.2, 0) is 16.0 Å². The first kappa shape index (κ1) is 18.4. The molecular formula is C21H22N4O2. The first-order chi connectivity index (χ1) is 13.0. The predicted molar refractivity (Wildman–Crippen MR) is 106 cm³/mol. The number of nitrogens with one attached hydrogen (secondary N) is 2. The molecule has 1 atom stereocenters. The topological polar surface area (TPSA) is 76.0 Å². The monoisotopic (exact) mass is 362 g/mol. The van der Waals surface area contributed by atoms with Gasteiger partial charge in [-0.15, -0.1) is 0 Å². The lowest BCUT2D eigenvalue weighted by Crippen LogP contribution is -2.24. The van der Waals surface area contributed by atoms with E-state index in [0.29, 0.717) is 17.8 Å². The lowest BCUT2D eigenvalue weighted by molar-refractivity contribution is -0.119. The Bertz CT molecular complexity index is 935. The van der Waals surface area contributed by atoms with Crippen molar-refractivity contribution in [1.29, 1.82) is 0 Å². The maximum absolute atomic E-state index is 12.4. The summed E-state index contributed by atoms with van der Waals surface area (Å²) < 4.78 is 1.59. The molecule has 0 aliphatic rings. The molecule has 3 aromatic rings. The van der Waals surface area contributed by atoms with Crippen LogP contribution >= 0.6 is 0 Å². The summed E-state index contributed by atoms with van der Waals surface area (Å²) in [6.07, 6.45) is 3.68. The van der Waals surface area contributed by atoms with E-state index in [4.69, 9.17) is 0 Å². The number of carbonyl (C=O) groups is 2. The third-order valence-electron chi connectivity index (χ3n) is 4.33. The van der Waals surface area contributed by atoms with Crippen LogP contribution in [0.2, 0.25) is 0 Å². The first-order valence-electron chi connectivity index (χ1n) is 8.77. The minimum atomic E-state index is -0.431. The van der Waals surface area contributed by atoms with Gasteiger partial charge in [-0.05, 0) is 49.2 Å². The van der Waals surface area contributed by atoms with Crippen LogP contribution in [0.5, 0.6) is 0 Å². The molecule has 1 aromatic heterocycles. The van der Waals surface area contributed by atoms with Crippen molar-refractivity contribution in [2.75, 3.05) is 10.6 Å². The van der Waals surface area contributed by atoms with Gasteiger partial charge >= 0.3 is 0 Å². The Balaban J connectivity index is 1.62. The largest absolute Gasteiger partial charge is 0.326 e. The second-order valence-corrected chi connectivity index (χ2v) is 6.38. The highest BCUT2D eigenvalue weighted by atomic mass is 16.2. The van der Waals surface area contributed by atoms with Gasteiger partial charge in [0, 0.05) is 23.8 Å². The number of carbonyl (C=O) groups excluding carboxylic acids is 2.